The maximum absolute atomic E-state index is 13.0. The summed E-state index contributed by atoms with van der Waals surface area (Å²) >= 11 is 1.68. The predicted octanol–water partition coefficient (Wildman–Crippen LogP) is 2.92. The maximum atomic E-state index is 13.0. The van der Waals surface area contributed by atoms with Crippen LogP contribution in [0.3, 0.4) is 0 Å². The number of thiophene rings is 1. The second kappa shape index (κ2) is 8.92. The number of hydrogen-bond acceptors (Lipinski definition) is 6. The summed E-state index contributed by atoms with van der Waals surface area (Å²) in [7, 11) is 1.63. The molecule has 2 heterocycles. The average Bonchev–Trinajstić information content (AvgIpc) is 2.94. The van der Waals surface area contributed by atoms with Crippen LogP contribution in [0, 0.1) is 12.8 Å². The van der Waals surface area contributed by atoms with Gasteiger partial charge in [0.15, 0.2) is 0 Å². The lowest BCUT2D eigenvalue weighted by molar-refractivity contribution is 0.0676. The summed E-state index contributed by atoms with van der Waals surface area (Å²) < 4.78 is 5.15. The van der Waals surface area contributed by atoms with Gasteiger partial charge >= 0.3 is 0 Å². The quantitative estimate of drug-likeness (QED) is 0.781. The van der Waals surface area contributed by atoms with E-state index in [1.807, 2.05) is 6.07 Å². The molecular weight excluding hydrogens is 336 g/mol. The first-order valence-corrected chi connectivity index (χ1v) is 9.17. The van der Waals surface area contributed by atoms with Gasteiger partial charge in [-0.1, -0.05) is 13.8 Å². The minimum absolute atomic E-state index is 0.139. The third-order valence-electron chi connectivity index (χ3n) is 3.63. The summed E-state index contributed by atoms with van der Waals surface area (Å²) in [4.78, 5) is 25.5. The van der Waals surface area contributed by atoms with Crippen molar-refractivity contribution >= 4 is 23.2 Å². The number of nitrogen functional groups attached to an aromatic ring is 1. The minimum atomic E-state index is -0.151. The van der Waals surface area contributed by atoms with E-state index in [0.717, 1.165) is 17.0 Å². The zero-order valence-corrected chi connectivity index (χ0v) is 16.1. The summed E-state index contributed by atoms with van der Waals surface area (Å²) in [5, 5.41) is 0. The Labute approximate surface area is 153 Å². The average molecular weight is 362 g/mol. The largest absolute Gasteiger partial charge is 0.383 e. The first-order chi connectivity index (χ1) is 11.9. The fourth-order valence-corrected chi connectivity index (χ4v) is 3.43. The standard InChI is InChI=1S/C18H26N4O2S/c1-12(2)9-14-10-16(21-18(19)20-14)17(23)22(7-8-24-4)11-15-6-5-13(3)25-15/h5-6,10,12H,7-9,11H2,1-4H3,(H2,19,20,21). The Bertz CT molecular complexity index is 715. The summed E-state index contributed by atoms with van der Waals surface area (Å²) in [6, 6.07) is 5.85. The Morgan fingerprint density at radius 3 is 2.72 bits per heavy atom. The molecule has 0 saturated carbocycles. The number of nitrogens with two attached hydrogens (primary N) is 1. The predicted molar refractivity (Wildman–Crippen MR) is 101 cm³/mol. The molecule has 0 spiro atoms. The Hall–Kier alpha value is -1.99. The molecule has 0 unspecified atom stereocenters. The number of aromatic nitrogens is 2. The van der Waals surface area contributed by atoms with E-state index < -0.39 is 0 Å². The molecule has 0 aliphatic carbocycles. The Morgan fingerprint density at radius 1 is 1.36 bits per heavy atom. The van der Waals surface area contributed by atoms with E-state index in [0.29, 0.717) is 31.3 Å². The number of carbonyl (C=O) groups is 1. The molecule has 0 aliphatic heterocycles. The molecule has 136 valence electrons. The molecule has 2 N–H and O–H groups in total. The normalized spacial score (nSPS) is 11.1. The van der Waals surface area contributed by atoms with E-state index in [4.69, 9.17) is 10.5 Å². The zero-order valence-electron chi connectivity index (χ0n) is 15.3. The fourth-order valence-electron chi connectivity index (χ4n) is 2.52. The molecule has 1 amide bonds. The van der Waals surface area contributed by atoms with Crippen LogP contribution in [-0.2, 0) is 17.7 Å². The number of aryl methyl sites for hydroxylation is 1. The lowest BCUT2D eigenvalue weighted by atomic mass is 10.1. The van der Waals surface area contributed by atoms with E-state index in [9.17, 15) is 4.79 Å². The summed E-state index contributed by atoms with van der Waals surface area (Å²) in [6.07, 6.45) is 0.759. The number of methoxy groups -OCH3 is 1. The van der Waals surface area contributed by atoms with Crippen LogP contribution in [0.15, 0.2) is 18.2 Å². The van der Waals surface area contributed by atoms with Gasteiger partial charge in [0.05, 0.1) is 13.2 Å². The highest BCUT2D eigenvalue weighted by atomic mass is 32.1. The molecule has 0 aromatic carbocycles. The van der Waals surface area contributed by atoms with Crippen molar-refractivity contribution in [3.8, 4) is 0 Å². The third-order valence-corrected chi connectivity index (χ3v) is 4.61. The Kier molecular flexibility index (Phi) is 6.90. The van der Waals surface area contributed by atoms with Gasteiger partial charge < -0.3 is 15.4 Å². The third kappa shape index (κ3) is 5.79. The summed E-state index contributed by atoms with van der Waals surface area (Å²) in [5.74, 6) is 0.415. The van der Waals surface area contributed by atoms with E-state index in [1.54, 1.807) is 29.4 Å². The van der Waals surface area contributed by atoms with Gasteiger partial charge in [-0.2, -0.15) is 0 Å². The molecular formula is C18H26N4O2S. The maximum Gasteiger partial charge on any atom is 0.273 e. The molecule has 7 heteroatoms. The SMILES string of the molecule is COCCN(Cc1ccc(C)s1)C(=O)c1cc(CC(C)C)nc(N)n1. The van der Waals surface area contributed by atoms with Crippen molar-refractivity contribution in [3.63, 3.8) is 0 Å². The number of carbonyl (C=O) groups excluding carboxylic acids is 1. The van der Waals surface area contributed by atoms with Crippen LogP contribution < -0.4 is 5.73 Å². The number of ether oxygens (including phenoxy) is 1. The van der Waals surface area contributed by atoms with Crippen LogP contribution in [-0.4, -0.2) is 41.0 Å². The number of hydrogen-bond donors (Lipinski definition) is 1. The highest BCUT2D eigenvalue weighted by Crippen LogP contribution is 2.19. The fraction of sp³-hybridized carbons (Fsp3) is 0.500. The summed E-state index contributed by atoms with van der Waals surface area (Å²) in [5.41, 5.74) is 6.95. The molecule has 0 aliphatic rings. The monoisotopic (exact) mass is 362 g/mol. The highest BCUT2D eigenvalue weighted by Gasteiger charge is 2.20. The Balaban J connectivity index is 2.23. The molecule has 0 bridgehead atoms. The first kappa shape index (κ1) is 19.3. The molecule has 2 rings (SSSR count). The molecule has 0 radical (unpaired) electrons. The van der Waals surface area contributed by atoms with Crippen LogP contribution in [0.1, 0.15) is 39.8 Å². The van der Waals surface area contributed by atoms with Gasteiger partial charge in [-0.15, -0.1) is 11.3 Å². The van der Waals surface area contributed by atoms with Crippen molar-refractivity contribution in [2.24, 2.45) is 5.92 Å². The topological polar surface area (TPSA) is 81.3 Å². The van der Waals surface area contributed by atoms with Crippen molar-refractivity contribution in [1.82, 2.24) is 14.9 Å². The van der Waals surface area contributed by atoms with Crippen molar-refractivity contribution < 1.29 is 9.53 Å². The van der Waals surface area contributed by atoms with Crippen molar-refractivity contribution in [2.75, 3.05) is 26.0 Å². The summed E-state index contributed by atoms with van der Waals surface area (Å²) in [6.45, 7) is 7.75. The van der Waals surface area contributed by atoms with Crippen LogP contribution in [0.4, 0.5) is 5.95 Å². The van der Waals surface area contributed by atoms with Crippen LogP contribution in [0.25, 0.3) is 0 Å². The number of rotatable bonds is 8. The van der Waals surface area contributed by atoms with Crippen molar-refractivity contribution in [1.29, 1.82) is 0 Å². The van der Waals surface area contributed by atoms with Gasteiger partial charge in [0.25, 0.3) is 5.91 Å². The van der Waals surface area contributed by atoms with Crippen LogP contribution in [0.2, 0.25) is 0 Å². The van der Waals surface area contributed by atoms with Gasteiger partial charge in [0, 0.05) is 29.1 Å². The molecule has 0 atom stereocenters. The first-order valence-electron chi connectivity index (χ1n) is 8.36. The van der Waals surface area contributed by atoms with Gasteiger partial charge in [-0.25, -0.2) is 9.97 Å². The highest BCUT2D eigenvalue weighted by molar-refractivity contribution is 7.11. The van der Waals surface area contributed by atoms with Crippen LogP contribution >= 0.6 is 11.3 Å². The molecule has 2 aromatic rings. The molecule has 6 nitrogen and oxygen atoms in total. The zero-order chi connectivity index (χ0) is 18.4. The van der Waals surface area contributed by atoms with Crippen molar-refractivity contribution in [2.45, 2.75) is 33.7 Å². The smallest absolute Gasteiger partial charge is 0.273 e. The minimum Gasteiger partial charge on any atom is -0.383 e. The molecule has 0 fully saturated rings. The Morgan fingerprint density at radius 2 is 2.12 bits per heavy atom. The van der Waals surface area contributed by atoms with Crippen molar-refractivity contribution in [3.05, 3.63) is 39.3 Å². The van der Waals surface area contributed by atoms with Crippen LogP contribution in [0.5, 0.6) is 0 Å². The molecule has 2 aromatic heterocycles. The number of amides is 1. The van der Waals surface area contributed by atoms with Gasteiger partial charge in [-0.05, 0) is 37.5 Å². The lowest BCUT2D eigenvalue weighted by Gasteiger charge is -2.21. The lowest BCUT2D eigenvalue weighted by Crippen LogP contribution is -2.34. The molecule has 0 saturated heterocycles. The number of anilines is 1. The number of nitrogens with zero attached hydrogens (tertiary/aromatic N) is 3. The molecule has 25 heavy (non-hydrogen) atoms. The van der Waals surface area contributed by atoms with Gasteiger partial charge in [-0.3, -0.25) is 4.79 Å². The van der Waals surface area contributed by atoms with E-state index in [-0.39, 0.29) is 11.9 Å². The second-order valence-corrected chi connectivity index (χ2v) is 7.81. The van der Waals surface area contributed by atoms with E-state index in [2.05, 4.69) is 36.8 Å². The second-order valence-electron chi connectivity index (χ2n) is 6.43. The van der Waals surface area contributed by atoms with Gasteiger partial charge in [0.2, 0.25) is 5.95 Å². The van der Waals surface area contributed by atoms with E-state index in [1.165, 1.54) is 4.88 Å². The van der Waals surface area contributed by atoms with Gasteiger partial charge in [0.1, 0.15) is 5.69 Å². The van der Waals surface area contributed by atoms with E-state index >= 15 is 0 Å².